The summed E-state index contributed by atoms with van der Waals surface area (Å²) in [6.45, 7) is 9.49. The minimum Gasteiger partial charge on any atom is -0.382 e. The molecular formula is C17H25N3O. The summed E-state index contributed by atoms with van der Waals surface area (Å²) in [7, 11) is 0. The van der Waals surface area contributed by atoms with E-state index in [1.807, 2.05) is 13.8 Å². The average Bonchev–Trinajstić information content (AvgIpc) is 2.83. The molecule has 0 saturated carbocycles. The highest BCUT2D eigenvalue weighted by atomic mass is 16.5. The molecular weight excluding hydrogens is 262 g/mol. The molecule has 2 rings (SSSR count). The molecule has 0 atom stereocenters. The molecule has 0 saturated heterocycles. The van der Waals surface area contributed by atoms with Crippen molar-refractivity contribution in [3.05, 3.63) is 47.3 Å². The molecule has 0 bridgehead atoms. The summed E-state index contributed by atoms with van der Waals surface area (Å²) in [6.07, 6.45) is 3.09. The Morgan fingerprint density at radius 3 is 2.81 bits per heavy atom. The van der Waals surface area contributed by atoms with Gasteiger partial charge in [0.2, 0.25) is 5.95 Å². The highest BCUT2D eigenvalue weighted by Crippen LogP contribution is 2.13. The quantitative estimate of drug-likeness (QED) is 0.755. The third kappa shape index (κ3) is 4.60. The van der Waals surface area contributed by atoms with Gasteiger partial charge in [0.15, 0.2) is 0 Å². The summed E-state index contributed by atoms with van der Waals surface area (Å²) in [5, 5.41) is 3.44. The topological polar surface area (TPSA) is 39.1 Å². The SMILES string of the molecule is CCOCCCn1cc(C)nc1NCc1ccccc1C. The first-order valence-electron chi connectivity index (χ1n) is 7.60. The van der Waals surface area contributed by atoms with Gasteiger partial charge in [-0.3, -0.25) is 0 Å². The van der Waals surface area contributed by atoms with E-state index in [0.29, 0.717) is 0 Å². The molecule has 0 amide bonds. The maximum Gasteiger partial charge on any atom is 0.203 e. The number of nitrogens with one attached hydrogen (secondary N) is 1. The second-order valence-corrected chi connectivity index (χ2v) is 5.23. The Kier molecular flexibility index (Phi) is 5.81. The second-order valence-electron chi connectivity index (χ2n) is 5.23. The second kappa shape index (κ2) is 7.84. The van der Waals surface area contributed by atoms with Crippen molar-refractivity contribution in [2.24, 2.45) is 0 Å². The largest absolute Gasteiger partial charge is 0.382 e. The molecule has 114 valence electrons. The number of aryl methyl sites for hydroxylation is 3. The molecule has 1 heterocycles. The number of imidazole rings is 1. The molecule has 0 unspecified atom stereocenters. The lowest BCUT2D eigenvalue weighted by atomic mass is 10.1. The summed E-state index contributed by atoms with van der Waals surface area (Å²) in [6, 6.07) is 8.43. The van der Waals surface area contributed by atoms with Gasteiger partial charge in [-0.25, -0.2) is 4.98 Å². The Hall–Kier alpha value is -1.81. The Bertz CT molecular complexity index is 563. The van der Waals surface area contributed by atoms with Crippen LogP contribution in [0.25, 0.3) is 0 Å². The molecule has 1 aromatic carbocycles. The maximum absolute atomic E-state index is 5.39. The zero-order valence-electron chi connectivity index (χ0n) is 13.2. The van der Waals surface area contributed by atoms with E-state index in [0.717, 1.165) is 44.4 Å². The molecule has 0 aliphatic rings. The molecule has 1 N–H and O–H groups in total. The molecule has 21 heavy (non-hydrogen) atoms. The van der Waals surface area contributed by atoms with Gasteiger partial charge >= 0.3 is 0 Å². The zero-order valence-corrected chi connectivity index (χ0v) is 13.2. The van der Waals surface area contributed by atoms with Crippen LogP contribution in [0.2, 0.25) is 0 Å². The van der Waals surface area contributed by atoms with Crippen molar-refractivity contribution in [2.45, 2.75) is 40.3 Å². The summed E-state index contributed by atoms with van der Waals surface area (Å²) in [5.41, 5.74) is 3.65. The molecule has 0 aliphatic heterocycles. The molecule has 0 radical (unpaired) electrons. The van der Waals surface area contributed by atoms with E-state index >= 15 is 0 Å². The lowest BCUT2D eigenvalue weighted by molar-refractivity contribution is 0.142. The standard InChI is InChI=1S/C17H25N3O/c1-4-21-11-7-10-20-13-15(3)19-17(20)18-12-16-9-6-5-8-14(16)2/h5-6,8-9,13H,4,7,10-12H2,1-3H3,(H,18,19). The Morgan fingerprint density at radius 1 is 1.24 bits per heavy atom. The number of hydrogen-bond acceptors (Lipinski definition) is 3. The third-order valence-electron chi connectivity index (χ3n) is 3.49. The normalized spacial score (nSPS) is 10.8. The van der Waals surface area contributed by atoms with E-state index in [9.17, 15) is 0 Å². The average molecular weight is 287 g/mol. The van der Waals surface area contributed by atoms with Crippen molar-refractivity contribution in [3.8, 4) is 0 Å². The van der Waals surface area contributed by atoms with Crippen LogP contribution in [-0.4, -0.2) is 22.8 Å². The van der Waals surface area contributed by atoms with Crippen LogP contribution in [0.4, 0.5) is 5.95 Å². The summed E-state index contributed by atoms with van der Waals surface area (Å²) in [5.74, 6) is 0.937. The van der Waals surface area contributed by atoms with Gasteiger partial charge in [-0.15, -0.1) is 0 Å². The number of rotatable bonds is 8. The Morgan fingerprint density at radius 2 is 2.05 bits per heavy atom. The molecule has 4 heteroatoms. The number of anilines is 1. The number of nitrogens with zero attached hydrogens (tertiary/aromatic N) is 2. The monoisotopic (exact) mass is 287 g/mol. The highest BCUT2D eigenvalue weighted by molar-refractivity contribution is 5.33. The van der Waals surface area contributed by atoms with Crippen LogP contribution in [-0.2, 0) is 17.8 Å². The predicted octanol–water partition coefficient (Wildman–Crippen LogP) is 3.54. The van der Waals surface area contributed by atoms with Gasteiger partial charge in [0.25, 0.3) is 0 Å². The zero-order chi connectivity index (χ0) is 15.1. The van der Waals surface area contributed by atoms with Crippen LogP contribution in [0.1, 0.15) is 30.2 Å². The Balaban J connectivity index is 1.95. The highest BCUT2D eigenvalue weighted by Gasteiger charge is 2.06. The van der Waals surface area contributed by atoms with Gasteiger partial charge in [-0.2, -0.15) is 0 Å². The van der Waals surface area contributed by atoms with Crippen molar-refractivity contribution in [1.29, 1.82) is 0 Å². The number of benzene rings is 1. The fourth-order valence-corrected chi connectivity index (χ4v) is 2.32. The first-order chi connectivity index (χ1) is 10.2. The fraction of sp³-hybridized carbons (Fsp3) is 0.471. The van der Waals surface area contributed by atoms with E-state index in [2.05, 4.69) is 52.3 Å². The first kappa shape index (κ1) is 15.6. The van der Waals surface area contributed by atoms with Crippen LogP contribution in [0.3, 0.4) is 0 Å². The van der Waals surface area contributed by atoms with E-state index in [1.54, 1.807) is 0 Å². The van der Waals surface area contributed by atoms with Gasteiger partial charge in [-0.05, 0) is 38.3 Å². The fourth-order valence-electron chi connectivity index (χ4n) is 2.32. The van der Waals surface area contributed by atoms with Crippen LogP contribution in [0.5, 0.6) is 0 Å². The van der Waals surface area contributed by atoms with Gasteiger partial charge in [0.1, 0.15) is 0 Å². The molecule has 0 fully saturated rings. The van der Waals surface area contributed by atoms with E-state index in [4.69, 9.17) is 4.74 Å². The number of hydrogen-bond donors (Lipinski definition) is 1. The van der Waals surface area contributed by atoms with Gasteiger partial charge < -0.3 is 14.6 Å². The molecule has 0 spiro atoms. The Labute approximate surface area is 127 Å². The summed E-state index contributed by atoms with van der Waals surface area (Å²) < 4.78 is 7.57. The van der Waals surface area contributed by atoms with Crippen LogP contribution < -0.4 is 5.32 Å². The van der Waals surface area contributed by atoms with Crippen molar-refractivity contribution in [2.75, 3.05) is 18.5 Å². The van der Waals surface area contributed by atoms with Crippen molar-refractivity contribution in [3.63, 3.8) is 0 Å². The summed E-state index contributed by atoms with van der Waals surface area (Å²) >= 11 is 0. The lowest BCUT2D eigenvalue weighted by Crippen LogP contribution is -2.09. The van der Waals surface area contributed by atoms with Crippen LogP contribution >= 0.6 is 0 Å². The van der Waals surface area contributed by atoms with Crippen LogP contribution in [0, 0.1) is 13.8 Å². The van der Waals surface area contributed by atoms with E-state index in [1.165, 1.54) is 11.1 Å². The molecule has 4 nitrogen and oxygen atoms in total. The minimum absolute atomic E-state index is 0.779. The molecule has 0 aliphatic carbocycles. The predicted molar refractivity (Wildman–Crippen MR) is 86.6 cm³/mol. The molecule has 1 aromatic heterocycles. The number of aromatic nitrogens is 2. The van der Waals surface area contributed by atoms with Gasteiger partial charge in [0, 0.05) is 32.5 Å². The van der Waals surface area contributed by atoms with Crippen molar-refractivity contribution >= 4 is 5.95 Å². The smallest absolute Gasteiger partial charge is 0.203 e. The lowest BCUT2D eigenvalue weighted by Gasteiger charge is -2.11. The van der Waals surface area contributed by atoms with E-state index in [-0.39, 0.29) is 0 Å². The maximum atomic E-state index is 5.39. The third-order valence-corrected chi connectivity index (χ3v) is 3.49. The first-order valence-corrected chi connectivity index (χ1v) is 7.60. The summed E-state index contributed by atoms with van der Waals surface area (Å²) in [4.78, 5) is 4.57. The van der Waals surface area contributed by atoms with Crippen molar-refractivity contribution in [1.82, 2.24) is 9.55 Å². The van der Waals surface area contributed by atoms with Gasteiger partial charge in [-0.1, -0.05) is 24.3 Å². The van der Waals surface area contributed by atoms with Gasteiger partial charge in [0.05, 0.1) is 5.69 Å². The number of ether oxygens (including phenoxy) is 1. The van der Waals surface area contributed by atoms with Crippen molar-refractivity contribution < 1.29 is 4.74 Å². The molecule has 2 aromatic rings. The van der Waals surface area contributed by atoms with Crippen LogP contribution in [0.15, 0.2) is 30.5 Å². The minimum atomic E-state index is 0.779. The van der Waals surface area contributed by atoms with E-state index < -0.39 is 0 Å².